The fraction of sp³-hybridized carbons (Fsp3) is 0.227. The molecule has 150 valence electrons. The summed E-state index contributed by atoms with van der Waals surface area (Å²) in [5.41, 5.74) is 3.93. The third kappa shape index (κ3) is 5.01. The molecule has 0 aliphatic rings. The first kappa shape index (κ1) is 20.1. The number of carbonyl (C=O) groups is 1. The summed E-state index contributed by atoms with van der Waals surface area (Å²) in [6, 6.07) is 12.9. The monoisotopic (exact) mass is 392 g/mol. The Morgan fingerprint density at radius 3 is 2.28 bits per heavy atom. The number of aryl methyl sites for hydroxylation is 3. The molecule has 0 unspecified atom stereocenters. The van der Waals surface area contributed by atoms with Gasteiger partial charge in [0.2, 0.25) is 0 Å². The molecule has 0 aliphatic heterocycles. The Labute approximate surface area is 170 Å². The minimum Gasteiger partial charge on any atom is -0.497 e. The zero-order valence-electron chi connectivity index (χ0n) is 17.2. The van der Waals surface area contributed by atoms with Crippen LogP contribution in [-0.2, 0) is 0 Å². The van der Waals surface area contributed by atoms with Gasteiger partial charge in [-0.05, 0) is 56.2 Å². The number of hydrogen-bond acceptors (Lipinski definition) is 6. The van der Waals surface area contributed by atoms with Crippen molar-refractivity contribution in [1.82, 2.24) is 9.97 Å². The van der Waals surface area contributed by atoms with Crippen LogP contribution < -0.4 is 20.1 Å². The summed E-state index contributed by atoms with van der Waals surface area (Å²) >= 11 is 0. The van der Waals surface area contributed by atoms with Crippen LogP contribution in [0.5, 0.6) is 11.5 Å². The average molecular weight is 392 g/mol. The van der Waals surface area contributed by atoms with E-state index in [1.165, 1.54) is 7.11 Å². The molecule has 0 aliphatic carbocycles. The Kier molecular flexibility index (Phi) is 5.97. The lowest BCUT2D eigenvalue weighted by Crippen LogP contribution is -2.16. The Bertz CT molecular complexity index is 1030. The third-order valence-electron chi connectivity index (χ3n) is 4.22. The van der Waals surface area contributed by atoms with E-state index in [2.05, 4.69) is 26.7 Å². The maximum atomic E-state index is 12.8. The quantitative estimate of drug-likeness (QED) is 0.646. The number of anilines is 3. The van der Waals surface area contributed by atoms with Crippen molar-refractivity contribution in [3.63, 3.8) is 0 Å². The van der Waals surface area contributed by atoms with Gasteiger partial charge in [0.05, 0.1) is 19.9 Å². The number of amides is 1. The van der Waals surface area contributed by atoms with Gasteiger partial charge in [0, 0.05) is 17.8 Å². The molecule has 2 N–H and O–H groups in total. The van der Waals surface area contributed by atoms with Crippen molar-refractivity contribution < 1.29 is 14.3 Å². The predicted octanol–water partition coefficient (Wildman–Crippen LogP) is 4.41. The highest BCUT2D eigenvalue weighted by Gasteiger charge is 2.14. The Morgan fingerprint density at radius 2 is 1.62 bits per heavy atom. The van der Waals surface area contributed by atoms with Crippen molar-refractivity contribution >= 4 is 23.1 Å². The maximum Gasteiger partial charge on any atom is 0.274 e. The first-order valence-corrected chi connectivity index (χ1v) is 9.12. The highest BCUT2D eigenvalue weighted by atomic mass is 16.5. The van der Waals surface area contributed by atoms with Gasteiger partial charge in [-0.3, -0.25) is 4.79 Å². The maximum absolute atomic E-state index is 12.8. The van der Waals surface area contributed by atoms with Crippen LogP contribution in [0.3, 0.4) is 0 Å². The smallest absolute Gasteiger partial charge is 0.274 e. The zero-order chi connectivity index (χ0) is 21.0. The van der Waals surface area contributed by atoms with Gasteiger partial charge in [0.15, 0.2) is 0 Å². The number of nitrogens with one attached hydrogen (secondary N) is 2. The average Bonchev–Trinajstić information content (AvgIpc) is 2.66. The molecule has 2 aromatic carbocycles. The van der Waals surface area contributed by atoms with Crippen LogP contribution in [0.15, 0.2) is 42.5 Å². The van der Waals surface area contributed by atoms with Crippen LogP contribution in [0.4, 0.5) is 17.2 Å². The summed E-state index contributed by atoms with van der Waals surface area (Å²) < 4.78 is 10.5. The molecule has 7 heteroatoms. The molecule has 0 radical (unpaired) electrons. The molecule has 1 heterocycles. The minimum atomic E-state index is -0.370. The number of hydrogen-bond donors (Lipinski definition) is 2. The first-order chi connectivity index (χ1) is 13.9. The molecular formula is C22H24N4O3. The van der Waals surface area contributed by atoms with Crippen molar-refractivity contribution in [2.45, 2.75) is 20.8 Å². The lowest BCUT2D eigenvalue weighted by atomic mass is 10.1. The number of ether oxygens (including phenoxy) is 2. The number of benzene rings is 2. The molecule has 0 saturated heterocycles. The predicted molar refractivity (Wildman–Crippen MR) is 113 cm³/mol. The van der Waals surface area contributed by atoms with Crippen molar-refractivity contribution in [3.8, 4) is 11.5 Å². The second-order valence-corrected chi connectivity index (χ2v) is 6.71. The van der Waals surface area contributed by atoms with Gasteiger partial charge >= 0.3 is 0 Å². The van der Waals surface area contributed by atoms with E-state index in [-0.39, 0.29) is 11.6 Å². The molecule has 1 aromatic heterocycles. The van der Waals surface area contributed by atoms with Gasteiger partial charge in [-0.2, -0.15) is 0 Å². The minimum absolute atomic E-state index is 0.245. The van der Waals surface area contributed by atoms with Crippen LogP contribution in [0.25, 0.3) is 0 Å². The largest absolute Gasteiger partial charge is 0.497 e. The highest BCUT2D eigenvalue weighted by molar-refractivity contribution is 6.04. The fourth-order valence-corrected chi connectivity index (χ4v) is 3.04. The lowest BCUT2D eigenvalue weighted by molar-refractivity contribution is 0.102. The number of carbonyl (C=O) groups excluding carboxylic acids is 1. The first-order valence-electron chi connectivity index (χ1n) is 9.12. The van der Waals surface area contributed by atoms with Crippen LogP contribution >= 0.6 is 0 Å². The van der Waals surface area contributed by atoms with Crippen LogP contribution in [-0.4, -0.2) is 30.1 Å². The number of nitrogens with zero attached hydrogens (tertiary/aromatic N) is 2. The summed E-state index contributed by atoms with van der Waals surface area (Å²) in [4.78, 5) is 21.5. The molecule has 0 bridgehead atoms. The van der Waals surface area contributed by atoms with Gasteiger partial charge in [-0.15, -0.1) is 0 Å². The van der Waals surface area contributed by atoms with Crippen molar-refractivity contribution in [2.75, 3.05) is 24.9 Å². The Morgan fingerprint density at radius 1 is 0.897 bits per heavy atom. The molecular weight excluding hydrogens is 368 g/mol. The highest BCUT2D eigenvalue weighted by Crippen LogP contribution is 2.29. The van der Waals surface area contributed by atoms with Crippen LogP contribution in [0, 0.1) is 20.8 Å². The number of methoxy groups -OCH3 is 2. The Hall–Kier alpha value is -3.61. The second kappa shape index (κ2) is 8.60. The van der Waals surface area contributed by atoms with Crippen molar-refractivity contribution in [3.05, 3.63) is 65.1 Å². The molecule has 7 nitrogen and oxygen atoms in total. The van der Waals surface area contributed by atoms with Crippen molar-refractivity contribution in [2.24, 2.45) is 0 Å². The van der Waals surface area contributed by atoms with Gasteiger partial charge in [-0.25, -0.2) is 9.97 Å². The Balaban J connectivity index is 1.86. The number of aromatic nitrogens is 2. The zero-order valence-corrected chi connectivity index (χ0v) is 17.2. The summed E-state index contributed by atoms with van der Waals surface area (Å²) in [6.45, 7) is 5.81. The van der Waals surface area contributed by atoms with E-state index >= 15 is 0 Å². The van der Waals surface area contributed by atoms with E-state index in [0.29, 0.717) is 28.8 Å². The van der Waals surface area contributed by atoms with E-state index in [4.69, 9.17) is 9.47 Å². The third-order valence-corrected chi connectivity index (χ3v) is 4.22. The fourth-order valence-electron chi connectivity index (χ4n) is 3.04. The molecule has 0 atom stereocenters. The molecule has 0 spiro atoms. The van der Waals surface area contributed by atoms with Gasteiger partial charge in [-0.1, -0.05) is 6.07 Å². The second-order valence-electron chi connectivity index (χ2n) is 6.71. The molecule has 0 fully saturated rings. The van der Waals surface area contributed by atoms with E-state index in [0.717, 1.165) is 16.8 Å². The molecule has 29 heavy (non-hydrogen) atoms. The van der Waals surface area contributed by atoms with Gasteiger partial charge in [0.1, 0.15) is 28.8 Å². The molecule has 1 amide bonds. The number of rotatable bonds is 6. The van der Waals surface area contributed by atoms with Crippen molar-refractivity contribution in [1.29, 1.82) is 0 Å². The van der Waals surface area contributed by atoms with E-state index < -0.39 is 0 Å². The summed E-state index contributed by atoms with van der Waals surface area (Å²) in [5.74, 6) is 1.80. The lowest BCUT2D eigenvalue weighted by Gasteiger charge is -2.13. The molecule has 0 saturated carbocycles. The summed E-state index contributed by atoms with van der Waals surface area (Å²) in [6.07, 6.45) is 0. The summed E-state index contributed by atoms with van der Waals surface area (Å²) in [7, 11) is 3.10. The molecule has 3 aromatic rings. The van der Waals surface area contributed by atoms with Crippen LogP contribution in [0.1, 0.15) is 27.4 Å². The van der Waals surface area contributed by atoms with Gasteiger partial charge < -0.3 is 20.1 Å². The van der Waals surface area contributed by atoms with E-state index in [1.807, 2.05) is 26.0 Å². The summed E-state index contributed by atoms with van der Waals surface area (Å²) in [5, 5.41) is 6.08. The van der Waals surface area contributed by atoms with Gasteiger partial charge in [0.25, 0.3) is 5.91 Å². The standard InChI is InChI=1S/C22H24N4O3/c1-13-8-14(2)10-16(9-13)25-21-12-19(23-15(3)24-21)22(27)26-18-11-17(28-4)6-7-20(18)29-5/h6-12H,1-5H3,(H,26,27)(H,23,24,25). The van der Waals surface area contributed by atoms with E-state index in [9.17, 15) is 4.79 Å². The molecule has 3 rings (SSSR count). The SMILES string of the molecule is COc1ccc(OC)c(NC(=O)c2cc(Nc3cc(C)cc(C)c3)nc(C)n2)c1. The normalized spacial score (nSPS) is 10.4. The van der Waals surface area contributed by atoms with E-state index in [1.54, 1.807) is 38.3 Å². The van der Waals surface area contributed by atoms with Crippen LogP contribution in [0.2, 0.25) is 0 Å². The topological polar surface area (TPSA) is 85.4 Å².